The van der Waals surface area contributed by atoms with E-state index in [1.54, 1.807) is 6.20 Å². The van der Waals surface area contributed by atoms with Crippen molar-refractivity contribution in [2.24, 2.45) is 0 Å². The fourth-order valence-corrected chi connectivity index (χ4v) is 2.81. The van der Waals surface area contributed by atoms with E-state index < -0.39 is 0 Å². The summed E-state index contributed by atoms with van der Waals surface area (Å²) in [5.41, 5.74) is 1.08. The highest BCUT2D eigenvalue weighted by Crippen LogP contribution is 2.24. The summed E-state index contributed by atoms with van der Waals surface area (Å²) in [5, 5.41) is 0.703. The Hall–Kier alpha value is -1.88. The fourth-order valence-electron chi connectivity index (χ4n) is 2.56. The van der Waals surface area contributed by atoms with Gasteiger partial charge in [-0.2, -0.15) is 0 Å². The lowest BCUT2D eigenvalue weighted by molar-refractivity contribution is 0.631. The van der Waals surface area contributed by atoms with Crippen LogP contribution in [0.25, 0.3) is 0 Å². The average Bonchev–Trinajstić information content (AvgIpc) is 2.56. The van der Waals surface area contributed by atoms with Crippen molar-refractivity contribution in [3.63, 3.8) is 0 Å². The van der Waals surface area contributed by atoms with Gasteiger partial charge < -0.3 is 9.80 Å². The molecule has 0 unspecified atom stereocenters. The molecule has 3 rings (SSSR count). The first-order chi connectivity index (χ1) is 10.6. The minimum Gasteiger partial charge on any atom is -0.352 e. The lowest BCUT2D eigenvalue weighted by Gasteiger charge is -2.35. The second kappa shape index (κ2) is 6.48. The SMILES string of the molecule is CC(C)c1ccnc(N2CCN(c3ncccc3Cl)CC2)n1. The number of pyridine rings is 1. The van der Waals surface area contributed by atoms with Crippen LogP contribution >= 0.6 is 11.6 Å². The van der Waals surface area contributed by atoms with Gasteiger partial charge in [0, 0.05) is 44.3 Å². The number of piperazine rings is 1. The number of halogens is 1. The van der Waals surface area contributed by atoms with Gasteiger partial charge in [0.15, 0.2) is 0 Å². The highest BCUT2D eigenvalue weighted by molar-refractivity contribution is 6.32. The summed E-state index contributed by atoms with van der Waals surface area (Å²) in [7, 11) is 0. The van der Waals surface area contributed by atoms with Gasteiger partial charge in [-0.3, -0.25) is 0 Å². The molecule has 0 amide bonds. The van der Waals surface area contributed by atoms with Crippen LogP contribution in [-0.4, -0.2) is 41.1 Å². The van der Waals surface area contributed by atoms with E-state index in [4.69, 9.17) is 11.6 Å². The van der Waals surface area contributed by atoms with E-state index in [9.17, 15) is 0 Å². The van der Waals surface area contributed by atoms with Crippen LogP contribution in [0.15, 0.2) is 30.6 Å². The van der Waals surface area contributed by atoms with Crippen LogP contribution in [0.3, 0.4) is 0 Å². The third-order valence-electron chi connectivity index (χ3n) is 3.86. The van der Waals surface area contributed by atoms with Gasteiger partial charge in [0.05, 0.1) is 5.02 Å². The summed E-state index contributed by atoms with van der Waals surface area (Å²) in [5.74, 6) is 2.09. The molecule has 5 nitrogen and oxygen atoms in total. The second-order valence-corrected chi connectivity index (χ2v) is 6.13. The Bertz CT molecular complexity index is 638. The maximum Gasteiger partial charge on any atom is 0.225 e. The zero-order valence-electron chi connectivity index (χ0n) is 12.9. The molecule has 0 atom stereocenters. The molecule has 2 aromatic heterocycles. The lowest BCUT2D eigenvalue weighted by Crippen LogP contribution is -2.47. The predicted octanol–water partition coefficient (Wildman–Crippen LogP) is 2.98. The average molecular weight is 318 g/mol. The molecule has 0 bridgehead atoms. The quantitative estimate of drug-likeness (QED) is 0.871. The van der Waals surface area contributed by atoms with Crippen LogP contribution < -0.4 is 9.80 Å². The molecular weight excluding hydrogens is 298 g/mol. The minimum atomic E-state index is 0.412. The molecule has 1 aliphatic rings. The molecule has 1 fully saturated rings. The zero-order chi connectivity index (χ0) is 15.5. The van der Waals surface area contributed by atoms with Crippen molar-refractivity contribution in [1.82, 2.24) is 15.0 Å². The summed E-state index contributed by atoms with van der Waals surface area (Å²) in [6.07, 6.45) is 3.63. The van der Waals surface area contributed by atoms with Crippen molar-refractivity contribution >= 4 is 23.4 Å². The molecule has 3 heterocycles. The van der Waals surface area contributed by atoms with Gasteiger partial charge >= 0.3 is 0 Å². The first kappa shape index (κ1) is 15.0. The van der Waals surface area contributed by atoms with Gasteiger partial charge in [-0.1, -0.05) is 25.4 Å². The fraction of sp³-hybridized carbons (Fsp3) is 0.438. The van der Waals surface area contributed by atoms with Crippen molar-refractivity contribution in [3.8, 4) is 0 Å². The van der Waals surface area contributed by atoms with Crippen LogP contribution in [0.4, 0.5) is 11.8 Å². The molecule has 1 aliphatic heterocycles. The number of hydrogen-bond acceptors (Lipinski definition) is 5. The molecule has 2 aromatic rings. The molecule has 22 heavy (non-hydrogen) atoms. The lowest BCUT2D eigenvalue weighted by atomic mass is 10.1. The molecule has 0 saturated carbocycles. The number of aromatic nitrogens is 3. The first-order valence-electron chi connectivity index (χ1n) is 7.58. The van der Waals surface area contributed by atoms with Crippen LogP contribution in [0.5, 0.6) is 0 Å². The Morgan fingerprint density at radius 1 is 1.00 bits per heavy atom. The highest BCUT2D eigenvalue weighted by atomic mass is 35.5. The van der Waals surface area contributed by atoms with E-state index in [-0.39, 0.29) is 0 Å². The van der Waals surface area contributed by atoms with E-state index in [0.717, 1.165) is 43.6 Å². The van der Waals surface area contributed by atoms with Crippen LogP contribution in [0.1, 0.15) is 25.5 Å². The molecule has 116 valence electrons. The molecule has 0 spiro atoms. The van der Waals surface area contributed by atoms with Crippen LogP contribution in [0, 0.1) is 0 Å². The van der Waals surface area contributed by atoms with Gasteiger partial charge in [0.1, 0.15) is 5.82 Å². The Morgan fingerprint density at radius 3 is 2.41 bits per heavy atom. The van der Waals surface area contributed by atoms with Crippen molar-refractivity contribution in [3.05, 3.63) is 41.3 Å². The zero-order valence-corrected chi connectivity index (χ0v) is 13.7. The second-order valence-electron chi connectivity index (χ2n) is 5.72. The van der Waals surface area contributed by atoms with E-state index >= 15 is 0 Å². The van der Waals surface area contributed by atoms with E-state index in [2.05, 4.69) is 38.6 Å². The number of anilines is 2. The third kappa shape index (κ3) is 3.14. The third-order valence-corrected chi connectivity index (χ3v) is 4.15. The molecule has 0 radical (unpaired) electrons. The summed E-state index contributed by atoms with van der Waals surface area (Å²) >= 11 is 6.22. The summed E-state index contributed by atoms with van der Waals surface area (Å²) in [6, 6.07) is 5.72. The normalized spacial score (nSPS) is 15.5. The summed E-state index contributed by atoms with van der Waals surface area (Å²) in [6.45, 7) is 7.77. The Morgan fingerprint density at radius 2 is 1.73 bits per heavy atom. The minimum absolute atomic E-state index is 0.412. The Labute approximate surface area is 136 Å². The molecule has 1 saturated heterocycles. The molecule has 0 N–H and O–H groups in total. The largest absolute Gasteiger partial charge is 0.352 e. The van der Waals surface area contributed by atoms with Crippen molar-refractivity contribution in [2.45, 2.75) is 19.8 Å². The first-order valence-corrected chi connectivity index (χ1v) is 7.96. The van der Waals surface area contributed by atoms with Gasteiger partial charge in [-0.25, -0.2) is 15.0 Å². The van der Waals surface area contributed by atoms with Crippen LogP contribution in [-0.2, 0) is 0 Å². The Balaban J connectivity index is 1.69. The van der Waals surface area contributed by atoms with Gasteiger partial charge in [-0.05, 0) is 24.1 Å². The van der Waals surface area contributed by atoms with Crippen molar-refractivity contribution in [1.29, 1.82) is 0 Å². The van der Waals surface area contributed by atoms with Gasteiger partial charge in [0.2, 0.25) is 5.95 Å². The summed E-state index contributed by atoms with van der Waals surface area (Å²) < 4.78 is 0. The van der Waals surface area contributed by atoms with Gasteiger partial charge in [0.25, 0.3) is 0 Å². The standard InChI is InChI=1S/C16H20ClN5/c1-12(2)14-5-7-19-16(20-14)22-10-8-21(9-11-22)15-13(17)4-3-6-18-15/h3-7,12H,8-11H2,1-2H3. The molecule has 6 heteroatoms. The summed E-state index contributed by atoms with van der Waals surface area (Å²) in [4.78, 5) is 17.9. The predicted molar refractivity (Wildman–Crippen MR) is 89.8 cm³/mol. The number of rotatable bonds is 3. The number of hydrogen-bond donors (Lipinski definition) is 0. The maximum atomic E-state index is 6.22. The number of nitrogens with zero attached hydrogens (tertiary/aromatic N) is 5. The maximum absolute atomic E-state index is 6.22. The topological polar surface area (TPSA) is 45.2 Å². The molecular formula is C16H20ClN5. The van der Waals surface area contributed by atoms with E-state index in [1.165, 1.54) is 0 Å². The highest BCUT2D eigenvalue weighted by Gasteiger charge is 2.21. The molecule has 0 aliphatic carbocycles. The smallest absolute Gasteiger partial charge is 0.225 e. The monoisotopic (exact) mass is 317 g/mol. The van der Waals surface area contributed by atoms with Crippen molar-refractivity contribution in [2.75, 3.05) is 36.0 Å². The molecule has 0 aromatic carbocycles. The van der Waals surface area contributed by atoms with E-state index in [0.29, 0.717) is 10.9 Å². The Kier molecular flexibility index (Phi) is 4.43. The van der Waals surface area contributed by atoms with E-state index in [1.807, 2.05) is 24.4 Å². The van der Waals surface area contributed by atoms with Crippen molar-refractivity contribution < 1.29 is 0 Å². The van der Waals surface area contributed by atoms with Crippen LogP contribution in [0.2, 0.25) is 5.02 Å². The van der Waals surface area contributed by atoms with Gasteiger partial charge in [-0.15, -0.1) is 0 Å².